The molecule has 0 saturated carbocycles. The van der Waals surface area contributed by atoms with E-state index in [-0.39, 0.29) is 13.2 Å². The molecule has 0 aromatic heterocycles. The Kier molecular flexibility index (Phi) is 68.8. The summed E-state index contributed by atoms with van der Waals surface area (Å²) in [5, 5.41) is 40.6. The molecular formula is C22H54O7. The van der Waals surface area contributed by atoms with Gasteiger partial charge < -0.3 is 35.0 Å². The summed E-state index contributed by atoms with van der Waals surface area (Å²) in [7, 11) is 3.25. The topological polar surface area (TPSA) is 120 Å². The number of aliphatic hydroxyl groups excluding tert-OH is 5. The molecule has 29 heavy (non-hydrogen) atoms. The largest absolute Gasteiger partial charge is 0.396 e. The molecule has 0 rings (SSSR count). The van der Waals surface area contributed by atoms with Crippen LogP contribution in [0.2, 0.25) is 0 Å². The predicted octanol–water partition coefficient (Wildman–Crippen LogP) is 3.15. The molecule has 0 bridgehead atoms. The molecule has 0 aromatic rings. The molecule has 0 fully saturated rings. The van der Waals surface area contributed by atoms with Gasteiger partial charge >= 0.3 is 0 Å². The molecule has 0 aromatic carbocycles. The van der Waals surface area contributed by atoms with Gasteiger partial charge in [0.25, 0.3) is 0 Å². The SMILES string of the molecule is CCCCCCCCO.CCCCCO.CCOCC.COC.OCC(O)CO. The Morgan fingerprint density at radius 2 is 0.897 bits per heavy atom. The Bertz CT molecular complexity index is 180. The number of ether oxygens (including phenoxy) is 2. The zero-order valence-electron chi connectivity index (χ0n) is 20.2. The monoisotopic (exact) mass is 430 g/mol. The fourth-order valence-corrected chi connectivity index (χ4v) is 1.52. The molecule has 0 saturated heterocycles. The van der Waals surface area contributed by atoms with Crippen molar-refractivity contribution in [2.24, 2.45) is 0 Å². The van der Waals surface area contributed by atoms with Crippen LogP contribution in [-0.4, -0.2) is 85.5 Å². The zero-order chi connectivity index (χ0) is 23.6. The fourth-order valence-electron chi connectivity index (χ4n) is 1.52. The van der Waals surface area contributed by atoms with E-state index in [1.54, 1.807) is 14.2 Å². The van der Waals surface area contributed by atoms with E-state index in [0.29, 0.717) is 13.2 Å². The van der Waals surface area contributed by atoms with Gasteiger partial charge in [-0.15, -0.1) is 0 Å². The van der Waals surface area contributed by atoms with Crippen LogP contribution in [0.1, 0.15) is 85.5 Å². The highest BCUT2D eigenvalue weighted by Gasteiger charge is 1.93. The van der Waals surface area contributed by atoms with Gasteiger partial charge in [0.05, 0.1) is 13.2 Å². The van der Waals surface area contributed by atoms with Gasteiger partial charge in [-0.3, -0.25) is 0 Å². The number of hydrogen-bond acceptors (Lipinski definition) is 7. The maximum Gasteiger partial charge on any atom is 0.100 e. The van der Waals surface area contributed by atoms with Gasteiger partial charge in [-0.25, -0.2) is 0 Å². The molecule has 0 heterocycles. The Balaban J connectivity index is -0.0000000863. The molecule has 0 radical (unpaired) electrons. The molecule has 5 N–H and O–H groups in total. The van der Waals surface area contributed by atoms with Crippen LogP contribution in [0.15, 0.2) is 0 Å². The van der Waals surface area contributed by atoms with Crippen molar-refractivity contribution in [1.29, 1.82) is 0 Å². The van der Waals surface area contributed by atoms with Crippen LogP contribution in [0, 0.1) is 0 Å². The summed E-state index contributed by atoms with van der Waals surface area (Å²) in [6.07, 6.45) is 9.87. The van der Waals surface area contributed by atoms with Gasteiger partial charge in [-0.2, -0.15) is 0 Å². The van der Waals surface area contributed by atoms with E-state index >= 15 is 0 Å². The van der Waals surface area contributed by atoms with E-state index in [1.165, 1.54) is 38.5 Å². The third kappa shape index (κ3) is 84.6. The van der Waals surface area contributed by atoms with Crippen molar-refractivity contribution >= 4 is 0 Å². The molecule has 184 valence electrons. The maximum absolute atomic E-state index is 8.42. The molecule has 0 unspecified atom stereocenters. The number of unbranched alkanes of at least 4 members (excludes halogenated alkanes) is 7. The van der Waals surface area contributed by atoms with E-state index in [9.17, 15) is 0 Å². The first-order chi connectivity index (χ1) is 14.0. The van der Waals surface area contributed by atoms with Crippen LogP contribution in [0.3, 0.4) is 0 Å². The minimum absolute atomic E-state index is 0.355. The quantitative estimate of drug-likeness (QED) is 0.285. The van der Waals surface area contributed by atoms with Crippen molar-refractivity contribution < 1.29 is 35.0 Å². The lowest BCUT2D eigenvalue weighted by Gasteiger charge is -1.96. The first-order valence-corrected chi connectivity index (χ1v) is 11.1. The Morgan fingerprint density at radius 3 is 1.10 bits per heavy atom. The highest BCUT2D eigenvalue weighted by Crippen LogP contribution is 2.03. The highest BCUT2D eigenvalue weighted by molar-refractivity contribution is 4.44. The maximum atomic E-state index is 8.42. The predicted molar refractivity (Wildman–Crippen MR) is 122 cm³/mol. The van der Waals surface area contributed by atoms with Crippen LogP contribution in [0.4, 0.5) is 0 Å². The molecule has 0 atom stereocenters. The second-order valence-electron chi connectivity index (χ2n) is 6.13. The third-order valence-corrected chi connectivity index (χ3v) is 3.10. The van der Waals surface area contributed by atoms with Crippen LogP contribution >= 0.6 is 0 Å². The van der Waals surface area contributed by atoms with Gasteiger partial charge in [-0.1, -0.05) is 58.8 Å². The Hall–Kier alpha value is -0.280. The number of methoxy groups -OCH3 is 1. The van der Waals surface area contributed by atoms with Crippen molar-refractivity contribution in [2.75, 3.05) is 53.9 Å². The summed E-state index contributed by atoms with van der Waals surface area (Å²) < 4.78 is 9.08. The molecule has 7 nitrogen and oxygen atoms in total. The molecule has 0 aliphatic carbocycles. The van der Waals surface area contributed by atoms with Crippen molar-refractivity contribution in [3.63, 3.8) is 0 Å². The summed E-state index contributed by atoms with van der Waals surface area (Å²) in [6, 6.07) is 0. The summed E-state index contributed by atoms with van der Waals surface area (Å²) in [5.41, 5.74) is 0. The van der Waals surface area contributed by atoms with Crippen LogP contribution in [-0.2, 0) is 9.47 Å². The van der Waals surface area contributed by atoms with Crippen molar-refractivity contribution in [1.82, 2.24) is 0 Å². The van der Waals surface area contributed by atoms with Crippen LogP contribution in [0.5, 0.6) is 0 Å². The first kappa shape index (κ1) is 39.2. The van der Waals surface area contributed by atoms with E-state index in [4.69, 9.17) is 30.3 Å². The van der Waals surface area contributed by atoms with E-state index < -0.39 is 6.10 Å². The summed E-state index contributed by atoms with van der Waals surface area (Å²) >= 11 is 0. The fraction of sp³-hybridized carbons (Fsp3) is 1.00. The average Bonchev–Trinajstić information content (AvgIpc) is 2.74. The Labute approximate surface area is 181 Å². The second kappa shape index (κ2) is 50.9. The smallest absolute Gasteiger partial charge is 0.100 e. The lowest BCUT2D eigenvalue weighted by Crippen LogP contribution is -2.15. The van der Waals surface area contributed by atoms with Crippen LogP contribution < -0.4 is 0 Å². The molecule has 0 aliphatic heterocycles. The van der Waals surface area contributed by atoms with Gasteiger partial charge in [-0.05, 0) is 26.7 Å². The standard InChI is InChI=1S/C8H18O.C5H12O.C4H10O.C3H8O3.C2H6O/c1-2-3-4-5-6-7-8-9;1-2-3-4-5-6;1-3-5-4-2;4-1-3(6)2-5;1-3-2/h9H,2-8H2,1H3;6H,2-5H2,1H3;3-4H2,1-2H3;3-6H,1-2H2;1-2H3. The van der Waals surface area contributed by atoms with Crippen molar-refractivity contribution in [3.8, 4) is 0 Å². The first-order valence-electron chi connectivity index (χ1n) is 11.1. The molecule has 0 spiro atoms. The number of rotatable bonds is 13. The van der Waals surface area contributed by atoms with Crippen molar-refractivity contribution in [3.05, 3.63) is 0 Å². The average molecular weight is 431 g/mol. The zero-order valence-corrected chi connectivity index (χ0v) is 20.2. The van der Waals surface area contributed by atoms with Gasteiger partial charge in [0, 0.05) is 40.6 Å². The normalized spacial score (nSPS) is 9.10. The number of aliphatic hydroxyl groups is 5. The second-order valence-corrected chi connectivity index (χ2v) is 6.13. The molecule has 7 heteroatoms. The van der Waals surface area contributed by atoms with Crippen molar-refractivity contribution in [2.45, 2.75) is 91.6 Å². The molecule has 0 aliphatic rings. The van der Waals surface area contributed by atoms with E-state index in [0.717, 1.165) is 32.5 Å². The number of hydrogen-bond donors (Lipinski definition) is 5. The molecular weight excluding hydrogens is 376 g/mol. The summed E-state index contributed by atoms with van der Waals surface area (Å²) in [5.74, 6) is 0. The van der Waals surface area contributed by atoms with Gasteiger partial charge in [0.15, 0.2) is 0 Å². The van der Waals surface area contributed by atoms with E-state index in [2.05, 4.69) is 18.6 Å². The minimum atomic E-state index is -0.954. The summed E-state index contributed by atoms with van der Waals surface area (Å²) in [4.78, 5) is 0. The summed E-state index contributed by atoms with van der Waals surface area (Å²) in [6.45, 7) is 9.99. The third-order valence-electron chi connectivity index (χ3n) is 3.10. The van der Waals surface area contributed by atoms with Gasteiger partial charge in [0.1, 0.15) is 6.10 Å². The Morgan fingerprint density at radius 1 is 0.586 bits per heavy atom. The van der Waals surface area contributed by atoms with Gasteiger partial charge in [0.2, 0.25) is 0 Å². The molecule has 0 amide bonds. The highest BCUT2D eigenvalue weighted by atomic mass is 16.5. The van der Waals surface area contributed by atoms with E-state index in [1.807, 2.05) is 13.8 Å². The van der Waals surface area contributed by atoms with Crippen LogP contribution in [0.25, 0.3) is 0 Å². The lowest BCUT2D eigenvalue weighted by molar-refractivity contribution is 0.0450. The lowest BCUT2D eigenvalue weighted by atomic mass is 10.1. The minimum Gasteiger partial charge on any atom is -0.396 e.